The van der Waals surface area contributed by atoms with Gasteiger partial charge in [-0.1, -0.05) is 18.1 Å². The number of aryl methyl sites for hydroxylation is 2. The van der Waals surface area contributed by atoms with Crippen LogP contribution in [0.5, 0.6) is 0 Å². The van der Waals surface area contributed by atoms with Gasteiger partial charge in [0.15, 0.2) is 5.65 Å². The number of nitrogens with one attached hydrogen (secondary N) is 1. The molecule has 138 valence electrons. The largest absolute Gasteiger partial charge is 0.384 e. The molecule has 4 aromatic rings. The second kappa shape index (κ2) is 6.55. The number of carbonyl (C=O) groups excluding carboxylic acids is 1. The molecule has 0 aliphatic heterocycles. The van der Waals surface area contributed by atoms with E-state index in [4.69, 9.17) is 12.2 Å². The second-order valence-corrected chi connectivity index (χ2v) is 6.33. The van der Waals surface area contributed by atoms with E-state index in [-0.39, 0.29) is 5.91 Å². The van der Waals surface area contributed by atoms with Crippen molar-refractivity contribution in [1.29, 1.82) is 0 Å². The fourth-order valence-electron chi connectivity index (χ4n) is 3.04. The van der Waals surface area contributed by atoms with E-state index in [0.717, 1.165) is 16.9 Å². The van der Waals surface area contributed by atoms with Crippen LogP contribution in [0.15, 0.2) is 42.7 Å². The predicted octanol–water partition coefficient (Wildman–Crippen LogP) is 2.35. The van der Waals surface area contributed by atoms with Crippen molar-refractivity contribution in [3.05, 3.63) is 65.1 Å². The number of para-hydroxylation sites is 1. The maximum absolute atomic E-state index is 12.9. The number of nitrogens with zero attached hydrogens (tertiary/aromatic N) is 5. The number of terminal acetylenes is 1. The van der Waals surface area contributed by atoms with Crippen LogP contribution in [0.25, 0.3) is 11.3 Å². The molecule has 0 bridgehead atoms. The Balaban J connectivity index is 1.77. The third-order valence-electron chi connectivity index (χ3n) is 4.31. The minimum atomic E-state index is -0.370. The summed E-state index contributed by atoms with van der Waals surface area (Å²) in [6, 6.07) is 9.05. The van der Waals surface area contributed by atoms with Crippen molar-refractivity contribution in [2.45, 2.75) is 13.8 Å². The number of fused-ring (bicyclic) bond motifs is 1. The van der Waals surface area contributed by atoms with Crippen molar-refractivity contribution in [2.24, 2.45) is 0 Å². The molecule has 3 N–H and O–H groups in total. The molecule has 0 aliphatic rings. The summed E-state index contributed by atoms with van der Waals surface area (Å²) in [7, 11) is 0. The van der Waals surface area contributed by atoms with E-state index < -0.39 is 0 Å². The quantitative estimate of drug-likeness (QED) is 0.538. The number of aromatic nitrogens is 5. The summed E-state index contributed by atoms with van der Waals surface area (Å²) in [5, 5.41) is 11.5. The third-order valence-corrected chi connectivity index (χ3v) is 4.31. The number of nitrogens with two attached hydrogens (primary N) is 1. The zero-order chi connectivity index (χ0) is 19.8. The van der Waals surface area contributed by atoms with Crippen LogP contribution in [-0.4, -0.2) is 30.3 Å². The number of amides is 1. The van der Waals surface area contributed by atoms with Gasteiger partial charge in [-0.25, -0.2) is 14.2 Å². The molecule has 0 radical (unpaired) electrons. The maximum Gasteiger partial charge on any atom is 0.262 e. The van der Waals surface area contributed by atoms with Gasteiger partial charge in [-0.2, -0.15) is 10.2 Å². The Bertz CT molecular complexity index is 1260. The number of hydrogen-bond acceptors (Lipinski definition) is 5. The molecule has 0 saturated carbocycles. The number of carbonyl (C=O) groups is 1. The topological polar surface area (TPSA) is 103 Å². The number of anilines is 2. The summed E-state index contributed by atoms with van der Waals surface area (Å²) in [5.74, 6) is 3.11. The van der Waals surface area contributed by atoms with Crippen LogP contribution in [0.3, 0.4) is 0 Å². The summed E-state index contributed by atoms with van der Waals surface area (Å²) in [6.07, 6.45) is 8.76. The second-order valence-electron chi connectivity index (χ2n) is 6.33. The molecule has 28 heavy (non-hydrogen) atoms. The minimum Gasteiger partial charge on any atom is -0.384 e. The Labute approximate surface area is 161 Å². The van der Waals surface area contributed by atoms with Crippen LogP contribution in [-0.2, 0) is 0 Å². The average molecular weight is 371 g/mol. The monoisotopic (exact) mass is 371 g/mol. The van der Waals surface area contributed by atoms with E-state index in [1.165, 1.54) is 10.7 Å². The number of nitrogen functional groups attached to an aromatic ring is 1. The van der Waals surface area contributed by atoms with Crippen molar-refractivity contribution < 1.29 is 4.79 Å². The first kappa shape index (κ1) is 17.3. The molecule has 0 spiro atoms. The highest BCUT2D eigenvalue weighted by atomic mass is 16.1. The van der Waals surface area contributed by atoms with Crippen molar-refractivity contribution in [3.63, 3.8) is 0 Å². The van der Waals surface area contributed by atoms with Crippen molar-refractivity contribution in [2.75, 3.05) is 11.1 Å². The summed E-state index contributed by atoms with van der Waals surface area (Å²) in [5.41, 5.74) is 9.53. The summed E-state index contributed by atoms with van der Waals surface area (Å²) >= 11 is 0. The zero-order valence-electron chi connectivity index (χ0n) is 15.3. The van der Waals surface area contributed by atoms with Crippen LogP contribution in [0.2, 0.25) is 0 Å². The lowest BCUT2D eigenvalue weighted by Gasteiger charge is -2.13. The first-order valence-electron chi connectivity index (χ1n) is 8.52. The number of benzene rings is 1. The Morgan fingerprint density at radius 3 is 2.89 bits per heavy atom. The highest BCUT2D eigenvalue weighted by molar-refractivity contribution is 6.08. The van der Waals surface area contributed by atoms with Gasteiger partial charge < -0.3 is 11.1 Å². The van der Waals surface area contributed by atoms with Crippen molar-refractivity contribution in [3.8, 4) is 18.0 Å². The number of hydrogen-bond donors (Lipinski definition) is 2. The first-order chi connectivity index (χ1) is 13.5. The Morgan fingerprint density at radius 1 is 1.29 bits per heavy atom. The van der Waals surface area contributed by atoms with Crippen molar-refractivity contribution in [1.82, 2.24) is 24.4 Å². The fourth-order valence-corrected chi connectivity index (χ4v) is 3.04. The van der Waals surface area contributed by atoms with Gasteiger partial charge in [-0.3, -0.25) is 4.79 Å². The molecule has 3 heterocycles. The lowest BCUT2D eigenvalue weighted by Crippen LogP contribution is -2.16. The standard InChI is InChI=1S/C20H17N7O/c1-4-14-7-5-6-12(2)18(14)27-17(10-13(3)25-27)24-20(28)15-11-22-26-9-8-16(21)23-19(15)26/h1,5-11H,2-3H3,(H2,21,23)(H,24,28). The lowest BCUT2D eigenvalue weighted by atomic mass is 10.1. The highest BCUT2D eigenvalue weighted by Crippen LogP contribution is 2.24. The maximum atomic E-state index is 12.9. The molecule has 0 unspecified atom stereocenters. The van der Waals surface area contributed by atoms with E-state index in [9.17, 15) is 4.79 Å². The molecule has 3 aromatic heterocycles. The van der Waals surface area contributed by atoms with E-state index in [0.29, 0.717) is 28.4 Å². The van der Waals surface area contributed by atoms with Crippen molar-refractivity contribution >= 4 is 23.2 Å². The van der Waals surface area contributed by atoms with Gasteiger partial charge in [-0.05, 0) is 31.5 Å². The van der Waals surface area contributed by atoms with Crippen LogP contribution in [0.1, 0.15) is 27.2 Å². The Morgan fingerprint density at radius 2 is 2.11 bits per heavy atom. The van der Waals surface area contributed by atoms with Crippen LogP contribution in [0.4, 0.5) is 11.6 Å². The number of rotatable bonds is 3. The molecule has 0 aliphatic carbocycles. The molecule has 0 fully saturated rings. The van der Waals surface area contributed by atoms with Gasteiger partial charge >= 0.3 is 0 Å². The van der Waals surface area contributed by atoms with Crippen LogP contribution >= 0.6 is 0 Å². The molecule has 1 aromatic carbocycles. The van der Waals surface area contributed by atoms with Crippen LogP contribution < -0.4 is 11.1 Å². The SMILES string of the molecule is C#Cc1cccc(C)c1-n1nc(C)cc1NC(=O)c1cnn2ccc(N)nc12. The molecule has 1 amide bonds. The fraction of sp³-hybridized carbons (Fsp3) is 0.100. The highest BCUT2D eigenvalue weighted by Gasteiger charge is 2.19. The van der Waals surface area contributed by atoms with Gasteiger partial charge in [0.2, 0.25) is 0 Å². The lowest BCUT2D eigenvalue weighted by molar-refractivity contribution is 0.102. The molecular weight excluding hydrogens is 354 g/mol. The zero-order valence-corrected chi connectivity index (χ0v) is 15.3. The molecular formula is C20H17N7O. The molecule has 0 atom stereocenters. The van der Waals surface area contributed by atoms with Gasteiger partial charge in [-0.15, -0.1) is 6.42 Å². The van der Waals surface area contributed by atoms with Gasteiger partial charge in [0.1, 0.15) is 17.2 Å². The summed E-state index contributed by atoms with van der Waals surface area (Å²) in [6.45, 7) is 3.79. The van der Waals surface area contributed by atoms with E-state index in [1.807, 2.05) is 32.0 Å². The smallest absolute Gasteiger partial charge is 0.262 e. The summed E-state index contributed by atoms with van der Waals surface area (Å²) < 4.78 is 3.14. The molecule has 4 rings (SSSR count). The third kappa shape index (κ3) is 2.85. The average Bonchev–Trinajstić information content (AvgIpc) is 3.24. The first-order valence-corrected chi connectivity index (χ1v) is 8.52. The molecule has 8 heteroatoms. The van der Waals surface area contributed by atoms with Crippen LogP contribution in [0, 0.1) is 26.2 Å². The van der Waals surface area contributed by atoms with E-state index in [2.05, 4.69) is 26.4 Å². The van der Waals surface area contributed by atoms with Gasteiger partial charge in [0.25, 0.3) is 5.91 Å². The normalized spacial score (nSPS) is 10.8. The predicted molar refractivity (Wildman–Crippen MR) is 106 cm³/mol. The molecule has 8 nitrogen and oxygen atoms in total. The van der Waals surface area contributed by atoms with E-state index in [1.54, 1.807) is 23.0 Å². The van der Waals surface area contributed by atoms with E-state index >= 15 is 0 Å². The molecule has 0 saturated heterocycles. The minimum absolute atomic E-state index is 0.305. The Kier molecular flexibility index (Phi) is 4.05. The Hall–Kier alpha value is -4.12. The summed E-state index contributed by atoms with van der Waals surface area (Å²) in [4.78, 5) is 17.1. The van der Waals surface area contributed by atoms with Gasteiger partial charge in [0.05, 0.1) is 23.1 Å². The van der Waals surface area contributed by atoms with Gasteiger partial charge in [0, 0.05) is 12.3 Å².